The minimum absolute atomic E-state index is 0.0674. The maximum Gasteiger partial charge on any atom is 0.204 e. The Bertz CT molecular complexity index is 732. The van der Waals surface area contributed by atoms with Gasteiger partial charge in [-0.25, -0.2) is 13.5 Å². The van der Waals surface area contributed by atoms with Gasteiger partial charge in [0.1, 0.15) is 5.69 Å². The Morgan fingerprint density at radius 1 is 1.32 bits per heavy atom. The lowest BCUT2D eigenvalue weighted by atomic mass is 10.2. The number of halogens is 2. The van der Waals surface area contributed by atoms with Crippen LogP contribution < -0.4 is 5.43 Å². The van der Waals surface area contributed by atoms with E-state index in [9.17, 15) is 13.6 Å². The van der Waals surface area contributed by atoms with Gasteiger partial charge in [0.05, 0.1) is 18.2 Å². The Balaban J connectivity index is 2.61. The normalized spacial score (nSPS) is 10.2. The fraction of sp³-hybridized carbons (Fsp3) is 0.154. The first-order chi connectivity index (χ1) is 9.02. The van der Waals surface area contributed by atoms with Crippen LogP contribution in [0, 0.1) is 29.9 Å². The van der Waals surface area contributed by atoms with Gasteiger partial charge in [-0.2, -0.15) is 10.4 Å². The monoisotopic (exact) mass is 261 g/mol. The maximum atomic E-state index is 13.2. The number of benzene rings is 1. The van der Waals surface area contributed by atoms with Crippen LogP contribution in [0.1, 0.15) is 11.4 Å². The lowest BCUT2D eigenvalue weighted by Crippen LogP contribution is -2.18. The Morgan fingerprint density at radius 3 is 2.68 bits per heavy atom. The van der Waals surface area contributed by atoms with Crippen molar-refractivity contribution in [2.45, 2.75) is 13.3 Å². The highest BCUT2D eigenvalue weighted by atomic mass is 19.2. The molecule has 96 valence electrons. The van der Waals surface area contributed by atoms with Crippen LogP contribution in [0.25, 0.3) is 5.69 Å². The molecule has 0 aliphatic heterocycles. The number of hydrogen-bond donors (Lipinski definition) is 0. The summed E-state index contributed by atoms with van der Waals surface area (Å²) in [6.45, 7) is 1.62. The Hall–Kier alpha value is -2.55. The van der Waals surface area contributed by atoms with E-state index in [1.165, 1.54) is 16.8 Å². The highest BCUT2D eigenvalue weighted by molar-refractivity contribution is 5.33. The molecule has 2 aromatic rings. The topological polar surface area (TPSA) is 58.7 Å². The van der Waals surface area contributed by atoms with Gasteiger partial charge in [-0.3, -0.25) is 4.79 Å². The van der Waals surface area contributed by atoms with Crippen molar-refractivity contribution in [3.63, 3.8) is 0 Å². The van der Waals surface area contributed by atoms with Gasteiger partial charge in [0, 0.05) is 17.8 Å². The first-order valence-electron chi connectivity index (χ1n) is 5.45. The smallest absolute Gasteiger partial charge is 0.204 e. The average Bonchev–Trinajstić information content (AvgIpc) is 2.36. The van der Waals surface area contributed by atoms with E-state index < -0.39 is 11.6 Å². The molecule has 0 saturated carbocycles. The average molecular weight is 261 g/mol. The molecular weight excluding hydrogens is 252 g/mol. The van der Waals surface area contributed by atoms with Crippen molar-refractivity contribution in [3.8, 4) is 11.8 Å². The zero-order valence-electron chi connectivity index (χ0n) is 10.0. The summed E-state index contributed by atoms with van der Waals surface area (Å²) in [5.41, 5.74) is 0.476. The third-order valence-electron chi connectivity index (χ3n) is 2.57. The molecule has 1 aromatic carbocycles. The molecule has 0 spiro atoms. The van der Waals surface area contributed by atoms with Gasteiger partial charge in [0.2, 0.25) is 5.43 Å². The zero-order chi connectivity index (χ0) is 14.0. The molecule has 0 atom stereocenters. The molecule has 1 heterocycles. The molecular formula is C13H9F2N3O. The summed E-state index contributed by atoms with van der Waals surface area (Å²) in [6, 6.07) is 6.45. The van der Waals surface area contributed by atoms with E-state index in [1.54, 1.807) is 6.92 Å². The molecule has 0 aliphatic carbocycles. The predicted molar refractivity (Wildman–Crippen MR) is 63.8 cm³/mol. The molecule has 0 aliphatic rings. The summed E-state index contributed by atoms with van der Waals surface area (Å²) < 4.78 is 27.4. The molecule has 0 N–H and O–H groups in total. The molecule has 0 amide bonds. The van der Waals surface area contributed by atoms with E-state index >= 15 is 0 Å². The predicted octanol–water partition coefficient (Wildman–Crippen LogP) is 1.89. The number of nitrogens with zero attached hydrogens (tertiary/aromatic N) is 3. The third kappa shape index (κ3) is 2.50. The van der Waals surface area contributed by atoms with E-state index in [1.807, 2.05) is 6.07 Å². The van der Waals surface area contributed by atoms with Crippen LogP contribution in [0.3, 0.4) is 0 Å². The van der Waals surface area contributed by atoms with E-state index in [-0.39, 0.29) is 23.2 Å². The molecule has 0 radical (unpaired) electrons. The molecule has 19 heavy (non-hydrogen) atoms. The van der Waals surface area contributed by atoms with Crippen molar-refractivity contribution >= 4 is 0 Å². The third-order valence-corrected chi connectivity index (χ3v) is 2.57. The summed E-state index contributed by atoms with van der Waals surface area (Å²) >= 11 is 0. The molecule has 0 saturated heterocycles. The van der Waals surface area contributed by atoms with Crippen LogP contribution in [0.4, 0.5) is 8.78 Å². The van der Waals surface area contributed by atoms with Crippen LogP contribution in [0.2, 0.25) is 0 Å². The van der Waals surface area contributed by atoms with Crippen molar-refractivity contribution in [1.29, 1.82) is 5.26 Å². The van der Waals surface area contributed by atoms with E-state index in [2.05, 4.69) is 5.10 Å². The van der Waals surface area contributed by atoms with Crippen LogP contribution in [-0.2, 0) is 6.42 Å². The fourth-order valence-corrected chi connectivity index (χ4v) is 1.66. The fourth-order valence-electron chi connectivity index (χ4n) is 1.66. The van der Waals surface area contributed by atoms with Crippen LogP contribution in [0.15, 0.2) is 29.1 Å². The second kappa shape index (κ2) is 4.98. The largest absolute Gasteiger partial charge is 0.288 e. The summed E-state index contributed by atoms with van der Waals surface area (Å²) in [7, 11) is 0. The number of aryl methyl sites for hydroxylation is 1. The van der Waals surface area contributed by atoms with Gasteiger partial charge in [-0.05, 0) is 19.1 Å². The Labute approximate surface area is 107 Å². The molecule has 1 aromatic heterocycles. The summed E-state index contributed by atoms with van der Waals surface area (Å²) in [5, 5.41) is 12.6. The minimum atomic E-state index is -1.00. The lowest BCUT2D eigenvalue weighted by Gasteiger charge is -2.10. The van der Waals surface area contributed by atoms with E-state index in [0.717, 1.165) is 12.1 Å². The lowest BCUT2D eigenvalue weighted by molar-refractivity contribution is 0.507. The van der Waals surface area contributed by atoms with E-state index in [4.69, 9.17) is 5.26 Å². The van der Waals surface area contributed by atoms with Crippen molar-refractivity contribution in [2.24, 2.45) is 0 Å². The molecule has 4 nitrogen and oxygen atoms in total. The van der Waals surface area contributed by atoms with Gasteiger partial charge in [0.25, 0.3) is 0 Å². The molecule has 0 bridgehead atoms. The molecule has 0 fully saturated rings. The summed E-state index contributed by atoms with van der Waals surface area (Å²) in [4.78, 5) is 11.6. The quantitative estimate of drug-likeness (QED) is 0.829. The summed E-state index contributed by atoms with van der Waals surface area (Å²) in [6.07, 6.45) is -0.136. The van der Waals surface area contributed by atoms with Gasteiger partial charge in [-0.15, -0.1) is 0 Å². The highest BCUT2D eigenvalue weighted by Gasteiger charge is 2.09. The zero-order valence-corrected chi connectivity index (χ0v) is 10.0. The standard InChI is InChI=1S/C13H9F2N3O/c1-8-6-13(19)12(4-5-16)17-18(8)9-2-3-10(14)11(15)7-9/h2-3,6-7H,4H2,1H3. The molecule has 2 rings (SSSR count). The van der Waals surface area contributed by atoms with Crippen molar-refractivity contribution in [1.82, 2.24) is 9.78 Å². The van der Waals surface area contributed by atoms with Gasteiger partial charge in [-0.1, -0.05) is 0 Å². The van der Waals surface area contributed by atoms with Crippen LogP contribution >= 0.6 is 0 Å². The molecule has 0 unspecified atom stereocenters. The highest BCUT2D eigenvalue weighted by Crippen LogP contribution is 2.13. The second-order valence-electron chi connectivity index (χ2n) is 3.94. The Morgan fingerprint density at radius 2 is 2.05 bits per heavy atom. The van der Waals surface area contributed by atoms with Crippen molar-refractivity contribution in [3.05, 3.63) is 57.5 Å². The maximum absolute atomic E-state index is 13.2. The SMILES string of the molecule is Cc1cc(=O)c(CC#N)nn1-c1ccc(F)c(F)c1. The van der Waals surface area contributed by atoms with Gasteiger partial charge >= 0.3 is 0 Å². The number of hydrogen-bond acceptors (Lipinski definition) is 3. The van der Waals surface area contributed by atoms with Crippen LogP contribution in [0.5, 0.6) is 0 Å². The van der Waals surface area contributed by atoms with Crippen molar-refractivity contribution < 1.29 is 8.78 Å². The van der Waals surface area contributed by atoms with Gasteiger partial charge in [0.15, 0.2) is 11.6 Å². The first-order valence-corrected chi connectivity index (χ1v) is 5.45. The minimum Gasteiger partial charge on any atom is -0.288 e. The van der Waals surface area contributed by atoms with E-state index in [0.29, 0.717) is 5.69 Å². The number of rotatable bonds is 2. The first kappa shape index (κ1) is 12.9. The Kier molecular flexibility index (Phi) is 3.38. The van der Waals surface area contributed by atoms with Gasteiger partial charge < -0.3 is 0 Å². The second-order valence-corrected chi connectivity index (χ2v) is 3.94. The van der Waals surface area contributed by atoms with Crippen molar-refractivity contribution in [2.75, 3.05) is 0 Å². The summed E-state index contributed by atoms with van der Waals surface area (Å²) in [5.74, 6) is -1.96. The number of aromatic nitrogens is 2. The number of nitriles is 1. The van der Waals surface area contributed by atoms with Crippen LogP contribution in [-0.4, -0.2) is 9.78 Å². The molecule has 6 heteroatoms.